The molecule has 2 aromatic carbocycles. The van der Waals surface area contributed by atoms with Crippen LogP contribution in [0.5, 0.6) is 5.75 Å². The molecule has 0 bridgehead atoms. The summed E-state index contributed by atoms with van der Waals surface area (Å²) >= 11 is 0. The van der Waals surface area contributed by atoms with E-state index in [9.17, 15) is 9.59 Å². The van der Waals surface area contributed by atoms with E-state index in [0.717, 1.165) is 11.1 Å². The molecule has 6 nitrogen and oxygen atoms in total. The molecule has 3 aromatic rings. The topological polar surface area (TPSA) is 80.3 Å². The molecule has 0 fully saturated rings. The lowest BCUT2D eigenvalue weighted by Gasteiger charge is -2.14. The van der Waals surface area contributed by atoms with Crippen LogP contribution in [0.25, 0.3) is 0 Å². The van der Waals surface area contributed by atoms with Gasteiger partial charge >= 0.3 is 0 Å². The predicted octanol–water partition coefficient (Wildman–Crippen LogP) is 3.97. The summed E-state index contributed by atoms with van der Waals surface area (Å²) in [4.78, 5) is 28.6. The molecule has 0 aliphatic heterocycles. The highest BCUT2D eigenvalue weighted by atomic mass is 16.5. The van der Waals surface area contributed by atoms with E-state index in [2.05, 4.69) is 15.6 Å². The molecule has 0 radical (unpaired) electrons. The van der Waals surface area contributed by atoms with E-state index in [-0.39, 0.29) is 18.4 Å². The number of carbonyl (C=O) groups is 2. The fourth-order valence-corrected chi connectivity index (χ4v) is 2.60. The van der Waals surface area contributed by atoms with Crippen LogP contribution in [0.2, 0.25) is 0 Å². The molecule has 0 aliphatic rings. The van der Waals surface area contributed by atoms with Gasteiger partial charge in [0.1, 0.15) is 5.75 Å². The molecule has 1 aromatic heterocycles. The molecule has 3 rings (SSSR count). The van der Waals surface area contributed by atoms with Gasteiger partial charge in [0.2, 0.25) is 0 Å². The Kier molecular flexibility index (Phi) is 6.01. The Morgan fingerprint density at radius 1 is 0.929 bits per heavy atom. The molecule has 2 amide bonds. The second kappa shape index (κ2) is 8.81. The third-order valence-electron chi connectivity index (χ3n) is 4.29. The Labute approximate surface area is 163 Å². The van der Waals surface area contributed by atoms with Crippen LogP contribution in [0.15, 0.2) is 67.0 Å². The van der Waals surface area contributed by atoms with Gasteiger partial charge in [-0.05, 0) is 55.3 Å². The van der Waals surface area contributed by atoms with Crippen LogP contribution in [0.1, 0.15) is 21.5 Å². The van der Waals surface area contributed by atoms with E-state index < -0.39 is 0 Å². The van der Waals surface area contributed by atoms with Gasteiger partial charge in [-0.25, -0.2) is 0 Å². The highest BCUT2D eigenvalue weighted by Crippen LogP contribution is 2.23. The van der Waals surface area contributed by atoms with Crippen molar-refractivity contribution in [1.29, 1.82) is 0 Å². The van der Waals surface area contributed by atoms with Crippen LogP contribution in [0, 0.1) is 13.8 Å². The normalized spacial score (nSPS) is 10.2. The van der Waals surface area contributed by atoms with E-state index >= 15 is 0 Å². The Bertz CT molecular complexity index is 987. The van der Waals surface area contributed by atoms with Crippen molar-refractivity contribution >= 4 is 23.2 Å². The van der Waals surface area contributed by atoms with E-state index in [0.29, 0.717) is 22.7 Å². The van der Waals surface area contributed by atoms with Crippen molar-refractivity contribution in [2.24, 2.45) is 0 Å². The molecule has 0 unspecified atom stereocenters. The number of benzene rings is 2. The zero-order chi connectivity index (χ0) is 19.9. The van der Waals surface area contributed by atoms with E-state index in [1.54, 1.807) is 42.6 Å². The minimum absolute atomic E-state index is 0.130. The highest BCUT2D eigenvalue weighted by molar-refractivity contribution is 6.07. The number of aromatic nitrogens is 1. The van der Waals surface area contributed by atoms with Crippen molar-refractivity contribution in [2.45, 2.75) is 13.8 Å². The fourth-order valence-electron chi connectivity index (χ4n) is 2.60. The summed E-state index contributed by atoms with van der Waals surface area (Å²) in [5.74, 6) is 0.0544. The van der Waals surface area contributed by atoms with E-state index in [4.69, 9.17) is 4.74 Å². The summed E-state index contributed by atoms with van der Waals surface area (Å²) in [6.07, 6.45) is 3.08. The number of nitrogens with zero attached hydrogens (tertiary/aromatic N) is 1. The molecule has 0 saturated carbocycles. The Hall–Kier alpha value is -3.67. The average Bonchev–Trinajstić information content (AvgIpc) is 2.71. The lowest BCUT2D eigenvalue weighted by atomic mass is 10.1. The maximum Gasteiger partial charge on any atom is 0.262 e. The Morgan fingerprint density at radius 3 is 2.39 bits per heavy atom. The minimum atomic E-state index is -0.316. The number of para-hydroxylation sites is 2. The number of ether oxygens (including phenoxy) is 1. The van der Waals surface area contributed by atoms with Gasteiger partial charge in [-0.15, -0.1) is 0 Å². The molecule has 0 aliphatic carbocycles. The van der Waals surface area contributed by atoms with E-state index in [1.807, 2.05) is 32.0 Å². The molecule has 6 heteroatoms. The Balaban J connectivity index is 1.65. The number of hydrogen-bond donors (Lipinski definition) is 2. The first-order valence-corrected chi connectivity index (χ1v) is 8.84. The number of aryl methyl sites for hydroxylation is 1. The summed E-state index contributed by atoms with van der Waals surface area (Å²) in [5.41, 5.74) is 3.52. The lowest BCUT2D eigenvalue weighted by Crippen LogP contribution is -2.22. The monoisotopic (exact) mass is 375 g/mol. The highest BCUT2D eigenvalue weighted by Gasteiger charge is 2.12. The molecule has 28 heavy (non-hydrogen) atoms. The van der Waals surface area contributed by atoms with Gasteiger partial charge in [0.05, 0.1) is 16.9 Å². The van der Waals surface area contributed by atoms with Gasteiger partial charge in [-0.2, -0.15) is 0 Å². The van der Waals surface area contributed by atoms with Gasteiger partial charge in [-0.3, -0.25) is 14.6 Å². The van der Waals surface area contributed by atoms with Gasteiger partial charge in [-0.1, -0.05) is 24.3 Å². The average molecular weight is 375 g/mol. The van der Waals surface area contributed by atoms with Crippen molar-refractivity contribution in [3.8, 4) is 5.75 Å². The zero-order valence-electron chi connectivity index (χ0n) is 15.7. The Morgan fingerprint density at radius 2 is 1.68 bits per heavy atom. The van der Waals surface area contributed by atoms with Crippen LogP contribution >= 0.6 is 0 Å². The first-order valence-electron chi connectivity index (χ1n) is 8.84. The van der Waals surface area contributed by atoms with Crippen LogP contribution < -0.4 is 15.4 Å². The van der Waals surface area contributed by atoms with Crippen LogP contribution in [-0.2, 0) is 4.79 Å². The molecule has 142 valence electrons. The summed E-state index contributed by atoms with van der Waals surface area (Å²) in [6.45, 7) is 3.81. The summed E-state index contributed by atoms with van der Waals surface area (Å²) < 4.78 is 5.63. The zero-order valence-corrected chi connectivity index (χ0v) is 15.7. The lowest BCUT2D eigenvalue weighted by molar-refractivity contribution is -0.118. The van der Waals surface area contributed by atoms with Gasteiger partial charge in [0, 0.05) is 12.4 Å². The number of anilines is 2. The van der Waals surface area contributed by atoms with E-state index in [1.165, 1.54) is 6.20 Å². The third-order valence-corrected chi connectivity index (χ3v) is 4.29. The largest absolute Gasteiger partial charge is 0.483 e. The summed E-state index contributed by atoms with van der Waals surface area (Å²) in [6, 6.07) is 16.1. The number of hydrogen-bond acceptors (Lipinski definition) is 4. The second-order valence-corrected chi connectivity index (χ2v) is 6.28. The smallest absolute Gasteiger partial charge is 0.262 e. The number of rotatable bonds is 6. The number of carbonyl (C=O) groups excluding carboxylic acids is 2. The fraction of sp³-hybridized carbons (Fsp3) is 0.136. The van der Waals surface area contributed by atoms with Crippen LogP contribution in [-0.4, -0.2) is 23.4 Å². The summed E-state index contributed by atoms with van der Waals surface area (Å²) in [7, 11) is 0. The predicted molar refractivity (Wildman–Crippen MR) is 109 cm³/mol. The van der Waals surface area contributed by atoms with Gasteiger partial charge in [0.25, 0.3) is 11.8 Å². The van der Waals surface area contributed by atoms with Crippen molar-refractivity contribution in [1.82, 2.24) is 4.98 Å². The van der Waals surface area contributed by atoms with Gasteiger partial charge < -0.3 is 15.4 Å². The summed E-state index contributed by atoms with van der Waals surface area (Å²) in [5, 5.41) is 5.57. The minimum Gasteiger partial charge on any atom is -0.483 e. The van der Waals surface area contributed by atoms with Crippen LogP contribution in [0.4, 0.5) is 11.4 Å². The molecule has 0 atom stereocenters. The molecule has 2 N–H and O–H groups in total. The molecule has 1 heterocycles. The van der Waals surface area contributed by atoms with Gasteiger partial charge in [0.15, 0.2) is 6.61 Å². The number of amides is 2. The first kappa shape index (κ1) is 19.1. The van der Waals surface area contributed by atoms with Crippen molar-refractivity contribution in [3.63, 3.8) is 0 Å². The maximum atomic E-state index is 12.3. The standard InChI is InChI=1S/C22H21N3O3/c1-15-7-5-11-20(16(15)2)28-14-21(26)24-18-9-3-4-10-19(18)25-22(27)17-8-6-12-23-13-17/h3-13H,14H2,1-2H3,(H,24,26)(H,25,27). The van der Waals surface area contributed by atoms with Crippen molar-refractivity contribution in [2.75, 3.05) is 17.2 Å². The molecule has 0 spiro atoms. The SMILES string of the molecule is Cc1cccc(OCC(=O)Nc2ccccc2NC(=O)c2cccnc2)c1C. The van der Waals surface area contributed by atoms with Crippen LogP contribution in [0.3, 0.4) is 0 Å². The third kappa shape index (κ3) is 4.73. The molecule has 0 saturated heterocycles. The van der Waals surface area contributed by atoms with Crippen molar-refractivity contribution < 1.29 is 14.3 Å². The van der Waals surface area contributed by atoms with Crippen molar-refractivity contribution in [3.05, 3.63) is 83.7 Å². The second-order valence-electron chi connectivity index (χ2n) is 6.28. The molecular formula is C22H21N3O3. The maximum absolute atomic E-state index is 12.3. The molecular weight excluding hydrogens is 354 g/mol. The number of nitrogens with one attached hydrogen (secondary N) is 2. The number of pyridine rings is 1. The quantitative estimate of drug-likeness (QED) is 0.683. The first-order chi connectivity index (χ1) is 13.5.